The average Bonchev–Trinajstić information content (AvgIpc) is 3.38. The summed E-state index contributed by atoms with van der Waals surface area (Å²) in [6.07, 6.45) is -2.69. The number of rotatable bonds is 8. The monoisotopic (exact) mass is 536 g/mol. The fraction of sp³-hybridized carbons (Fsp3) is 0.320. The zero-order valence-electron chi connectivity index (χ0n) is 20.3. The number of hydrogen-bond donors (Lipinski definition) is 3. The normalized spacial score (nSPS) is 13.6. The number of para-hydroxylation sites is 1. The van der Waals surface area contributed by atoms with E-state index in [9.17, 15) is 31.5 Å². The Bertz CT molecular complexity index is 1370. The maximum atomic E-state index is 14.3. The zero-order valence-corrected chi connectivity index (χ0v) is 20.3. The highest BCUT2D eigenvalue weighted by atomic mass is 19.4. The molecule has 1 aliphatic heterocycles. The molecule has 1 aliphatic rings. The van der Waals surface area contributed by atoms with Crippen LogP contribution in [-0.4, -0.2) is 48.5 Å². The van der Waals surface area contributed by atoms with Crippen molar-refractivity contribution >= 4 is 23.0 Å². The van der Waals surface area contributed by atoms with Gasteiger partial charge in [-0.2, -0.15) is 23.0 Å². The quantitative estimate of drug-likeness (QED) is 0.377. The highest BCUT2D eigenvalue weighted by Crippen LogP contribution is 2.38. The van der Waals surface area contributed by atoms with E-state index >= 15 is 0 Å². The lowest BCUT2D eigenvalue weighted by atomic mass is 10.1. The molecular weight excluding hydrogens is 511 g/mol. The molecule has 4 rings (SSSR count). The van der Waals surface area contributed by atoms with Gasteiger partial charge in [0, 0.05) is 37.0 Å². The zero-order chi connectivity index (χ0) is 27.4. The topological polar surface area (TPSA) is 91.3 Å². The van der Waals surface area contributed by atoms with Gasteiger partial charge in [-0.1, -0.05) is 6.07 Å². The Morgan fingerprint density at radius 2 is 1.63 bits per heavy atom. The fourth-order valence-electron chi connectivity index (χ4n) is 4.33. The molecule has 1 amide bonds. The molecule has 0 bridgehead atoms. The van der Waals surface area contributed by atoms with Crippen molar-refractivity contribution in [3.8, 4) is 5.69 Å². The molecule has 13 heteroatoms. The molecule has 2 aromatic carbocycles. The van der Waals surface area contributed by atoms with Crippen LogP contribution in [0.2, 0.25) is 0 Å². The summed E-state index contributed by atoms with van der Waals surface area (Å²) in [5.74, 6) is -2.85. The summed E-state index contributed by atoms with van der Waals surface area (Å²) >= 11 is 0. The predicted molar refractivity (Wildman–Crippen MR) is 133 cm³/mol. The summed E-state index contributed by atoms with van der Waals surface area (Å²) in [5.41, 5.74) is -0.210. The molecule has 1 fully saturated rings. The molecule has 38 heavy (non-hydrogen) atoms. The van der Waals surface area contributed by atoms with Gasteiger partial charge >= 0.3 is 6.18 Å². The molecule has 8 nitrogen and oxygen atoms in total. The van der Waals surface area contributed by atoms with Crippen molar-refractivity contribution in [1.29, 1.82) is 0 Å². The summed E-state index contributed by atoms with van der Waals surface area (Å²) in [6, 6.07) is 8.05. The Hall–Kier alpha value is -4.00. The molecule has 0 atom stereocenters. The van der Waals surface area contributed by atoms with Crippen molar-refractivity contribution in [3.63, 3.8) is 0 Å². The number of nitrogens with zero attached hydrogens (tertiary/aromatic N) is 3. The molecule has 2 heterocycles. The molecule has 1 saturated heterocycles. The maximum absolute atomic E-state index is 14.3. The third-order valence-electron chi connectivity index (χ3n) is 5.97. The van der Waals surface area contributed by atoms with Crippen LogP contribution >= 0.6 is 0 Å². The van der Waals surface area contributed by atoms with Crippen molar-refractivity contribution < 1.29 is 26.7 Å². The SMILES string of the molecule is CNCc1c(NCC(F)(F)F)ccc(NC(=O)c2ccc(=O)n(-c3c(F)cccc3F)n2)c1N1CCCC1. The van der Waals surface area contributed by atoms with Gasteiger partial charge in [-0.25, -0.2) is 8.78 Å². The minimum atomic E-state index is -4.43. The molecule has 0 saturated carbocycles. The number of anilines is 3. The predicted octanol–water partition coefficient (Wildman–Crippen LogP) is 4.06. The number of amides is 1. The lowest BCUT2D eigenvalue weighted by molar-refractivity contribution is -0.115. The number of carbonyl (C=O) groups excluding carboxylic acids is 1. The van der Waals surface area contributed by atoms with E-state index in [0.717, 1.165) is 43.2 Å². The van der Waals surface area contributed by atoms with Gasteiger partial charge in [0.15, 0.2) is 11.6 Å². The van der Waals surface area contributed by atoms with Crippen molar-refractivity contribution in [3.05, 3.63) is 75.7 Å². The van der Waals surface area contributed by atoms with Gasteiger partial charge in [0.25, 0.3) is 11.5 Å². The van der Waals surface area contributed by atoms with E-state index < -0.39 is 41.5 Å². The summed E-state index contributed by atoms with van der Waals surface area (Å²) in [4.78, 5) is 27.5. The van der Waals surface area contributed by atoms with E-state index in [-0.39, 0.29) is 17.9 Å². The third-order valence-corrected chi connectivity index (χ3v) is 5.97. The first-order valence-corrected chi connectivity index (χ1v) is 11.8. The maximum Gasteiger partial charge on any atom is 0.405 e. The van der Waals surface area contributed by atoms with Gasteiger partial charge in [0.1, 0.15) is 17.9 Å². The fourth-order valence-corrected chi connectivity index (χ4v) is 4.33. The highest BCUT2D eigenvalue weighted by molar-refractivity contribution is 6.05. The number of halogens is 5. The van der Waals surface area contributed by atoms with Crippen molar-refractivity contribution in [2.45, 2.75) is 25.6 Å². The molecule has 0 radical (unpaired) electrons. The lowest BCUT2D eigenvalue weighted by Gasteiger charge is -2.27. The molecular formula is C25H25F5N6O2. The molecule has 0 aliphatic carbocycles. The minimum Gasteiger partial charge on any atom is -0.376 e. The summed E-state index contributed by atoms with van der Waals surface area (Å²) < 4.78 is 67.8. The van der Waals surface area contributed by atoms with Gasteiger partial charge in [-0.05, 0) is 50.2 Å². The van der Waals surface area contributed by atoms with E-state index in [2.05, 4.69) is 21.0 Å². The number of aromatic nitrogens is 2. The molecule has 3 N–H and O–H groups in total. The van der Waals surface area contributed by atoms with E-state index in [1.54, 1.807) is 7.05 Å². The van der Waals surface area contributed by atoms with Gasteiger partial charge in [0.05, 0.1) is 11.4 Å². The van der Waals surface area contributed by atoms with E-state index in [0.29, 0.717) is 34.7 Å². The largest absolute Gasteiger partial charge is 0.405 e. The van der Waals surface area contributed by atoms with E-state index in [1.807, 2.05) is 4.90 Å². The van der Waals surface area contributed by atoms with Crippen LogP contribution in [0.1, 0.15) is 28.9 Å². The summed E-state index contributed by atoms with van der Waals surface area (Å²) in [7, 11) is 1.65. The Labute approximate surface area is 214 Å². The second-order valence-electron chi connectivity index (χ2n) is 8.67. The first kappa shape index (κ1) is 27.0. The Morgan fingerprint density at radius 3 is 2.26 bits per heavy atom. The van der Waals surface area contributed by atoms with Crippen LogP contribution < -0.4 is 26.4 Å². The molecule has 0 unspecified atom stereocenters. The average molecular weight is 537 g/mol. The summed E-state index contributed by atoms with van der Waals surface area (Å²) in [6.45, 7) is 0.258. The van der Waals surface area contributed by atoms with Crippen molar-refractivity contribution in [2.24, 2.45) is 0 Å². The van der Waals surface area contributed by atoms with E-state index in [4.69, 9.17) is 0 Å². The first-order chi connectivity index (χ1) is 18.1. The number of carbonyl (C=O) groups is 1. The van der Waals surface area contributed by atoms with Crippen LogP contribution in [0.5, 0.6) is 0 Å². The minimum absolute atomic E-state index is 0.214. The van der Waals surface area contributed by atoms with E-state index in [1.165, 1.54) is 12.1 Å². The standard InChI is InChI=1S/C25H25F5N6O2/c1-31-13-15-18(32-14-25(28,29)30)7-8-19(22(15)35-11-2-3-12-35)33-24(38)20-9-10-21(37)36(34-20)23-16(26)5-4-6-17(23)27/h4-10,31-32H,2-3,11-14H2,1H3,(H,33,38). The summed E-state index contributed by atoms with van der Waals surface area (Å²) in [5, 5.41) is 12.0. The molecule has 1 aromatic heterocycles. The van der Waals surface area contributed by atoms with Crippen molar-refractivity contribution in [1.82, 2.24) is 15.1 Å². The smallest absolute Gasteiger partial charge is 0.376 e. The number of alkyl halides is 3. The Morgan fingerprint density at radius 1 is 0.974 bits per heavy atom. The number of hydrogen-bond acceptors (Lipinski definition) is 6. The van der Waals surface area contributed by atoms with Crippen LogP contribution in [0.25, 0.3) is 5.69 Å². The lowest BCUT2D eigenvalue weighted by Crippen LogP contribution is -2.28. The Balaban J connectivity index is 1.73. The first-order valence-electron chi connectivity index (χ1n) is 11.8. The van der Waals surface area contributed by atoms with Gasteiger partial charge < -0.3 is 20.9 Å². The second kappa shape index (κ2) is 11.2. The third kappa shape index (κ3) is 5.93. The van der Waals surface area contributed by atoms with Gasteiger partial charge in [-0.3, -0.25) is 9.59 Å². The Kier molecular flexibility index (Phi) is 7.95. The van der Waals surface area contributed by atoms with Gasteiger partial charge in [-0.15, -0.1) is 0 Å². The highest BCUT2D eigenvalue weighted by Gasteiger charge is 2.29. The second-order valence-corrected chi connectivity index (χ2v) is 8.67. The van der Waals surface area contributed by atoms with Crippen molar-refractivity contribution in [2.75, 3.05) is 42.2 Å². The van der Waals surface area contributed by atoms with Crippen LogP contribution in [0.4, 0.5) is 39.0 Å². The molecule has 0 spiro atoms. The molecule has 202 valence electrons. The van der Waals surface area contributed by atoms with Crippen LogP contribution in [-0.2, 0) is 6.54 Å². The number of nitrogens with one attached hydrogen (secondary N) is 3. The van der Waals surface area contributed by atoms with Crippen LogP contribution in [0, 0.1) is 11.6 Å². The van der Waals surface area contributed by atoms with Crippen LogP contribution in [0.3, 0.4) is 0 Å². The van der Waals surface area contributed by atoms with Crippen LogP contribution in [0.15, 0.2) is 47.3 Å². The number of benzene rings is 2. The van der Waals surface area contributed by atoms with Gasteiger partial charge in [0.2, 0.25) is 0 Å². The molecule has 3 aromatic rings.